The highest BCUT2D eigenvalue weighted by Gasteiger charge is 2.54. The second kappa shape index (κ2) is 9.69. The van der Waals surface area contributed by atoms with E-state index >= 15 is 4.39 Å². The summed E-state index contributed by atoms with van der Waals surface area (Å²) >= 11 is 0. The quantitative estimate of drug-likeness (QED) is 0.337. The van der Waals surface area contributed by atoms with Gasteiger partial charge in [-0.15, -0.1) is 0 Å². The van der Waals surface area contributed by atoms with Crippen LogP contribution in [0.4, 0.5) is 4.39 Å². The molecule has 1 spiro atoms. The number of hydrogen-bond donors (Lipinski definition) is 1. The van der Waals surface area contributed by atoms with Crippen LogP contribution in [0.3, 0.4) is 0 Å². The molecule has 6 rings (SSSR count). The molecule has 3 aromatic carbocycles. The summed E-state index contributed by atoms with van der Waals surface area (Å²) in [6, 6.07) is 17.4. The predicted octanol–water partition coefficient (Wildman–Crippen LogP) is 8.05. The monoisotopic (exact) mass is 528 g/mol. The number of aryl methyl sites for hydroxylation is 1. The Kier molecular flexibility index (Phi) is 6.44. The number of methoxy groups -OCH3 is 1. The van der Waals surface area contributed by atoms with Gasteiger partial charge in [-0.3, -0.25) is 4.79 Å². The summed E-state index contributed by atoms with van der Waals surface area (Å²) < 4.78 is 26.8. The number of carboxylic acids is 1. The number of hydrogen-bond acceptors (Lipinski definition) is 3. The van der Waals surface area contributed by atoms with Gasteiger partial charge >= 0.3 is 5.97 Å². The number of aliphatic carboxylic acids is 1. The number of fused-ring (bicyclic) bond motifs is 2. The summed E-state index contributed by atoms with van der Waals surface area (Å²) in [4.78, 5) is 11.9. The van der Waals surface area contributed by atoms with Gasteiger partial charge in [-0.2, -0.15) is 0 Å². The third-order valence-electron chi connectivity index (χ3n) is 9.92. The van der Waals surface area contributed by atoms with Gasteiger partial charge in [-0.1, -0.05) is 44.5 Å². The highest BCUT2D eigenvalue weighted by molar-refractivity contribution is 5.75. The van der Waals surface area contributed by atoms with E-state index in [0.29, 0.717) is 23.8 Å². The average Bonchev–Trinajstić information content (AvgIpc) is 3.47. The van der Waals surface area contributed by atoms with Crippen LogP contribution in [0, 0.1) is 17.2 Å². The van der Waals surface area contributed by atoms with Crippen molar-refractivity contribution in [2.75, 3.05) is 7.11 Å². The van der Waals surface area contributed by atoms with Crippen molar-refractivity contribution in [3.63, 3.8) is 0 Å². The molecule has 4 nitrogen and oxygen atoms in total. The van der Waals surface area contributed by atoms with Gasteiger partial charge in [0, 0.05) is 11.0 Å². The van der Waals surface area contributed by atoms with Crippen molar-refractivity contribution in [1.82, 2.24) is 0 Å². The molecule has 3 aromatic rings. The van der Waals surface area contributed by atoms with Gasteiger partial charge < -0.3 is 14.6 Å². The SMILES string of the molecule is COc1ccc(F)c(-c2ccc(COc3ccc4c(c3)C3(CC4)CCC3C(=O)O)cc2[C@@H]2CCCC2(C)C)c1. The fourth-order valence-corrected chi connectivity index (χ4v) is 7.58. The Hall–Kier alpha value is -3.34. The summed E-state index contributed by atoms with van der Waals surface area (Å²) in [7, 11) is 1.60. The van der Waals surface area contributed by atoms with Gasteiger partial charge in [0.1, 0.15) is 23.9 Å². The van der Waals surface area contributed by atoms with Gasteiger partial charge in [0.05, 0.1) is 13.0 Å². The zero-order chi connectivity index (χ0) is 27.4. The van der Waals surface area contributed by atoms with Crippen molar-refractivity contribution in [2.45, 2.75) is 76.7 Å². The number of carbonyl (C=O) groups is 1. The summed E-state index contributed by atoms with van der Waals surface area (Å²) in [5.41, 5.74) is 6.00. The molecule has 0 aromatic heterocycles. The zero-order valence-corrected chi connectivity index (χ0v) is 23.1. The van der Waals surface area contributed by atoms with Crippen molar-refractivity contribution in [3.8, 4) is 22.6 Å². The lowest BCUT2D eigenvalue weighted by Crippen LogP contribution is -2.46. The molecule has 39 heavy (non-hydrogen) atoms. The first-order chi connectivity index (χ1) is 18.7. The minimum Gasteiger partial charge on any atom is -0.497 e. The lowest BCUT2D eigenvalue weighted by Gasteiger charge is -2.45. The van der Waals surface area contributed by atoms with Gasteiger partial charge in [-0.05, 0) is 108 Å². The molecule has 2 saturated carbocycles. The Labute approximate surface area is 230 Å². The van der Waals surface area contributed by atoms with Crippen LogP contribution in [-0.2, 0) is 23.2 Å². The van der Waals surface area contributed by atoms with Crippen LogP contribution in [0.5, 0.6) is 11.5 Å². The third-order valence-corrected chi connectivity index (χ3v) is 9.92. The van der Waals surface area contributed by atoms with Gasteiger partial charge in [0.2, 0.25) is 0 Å². The highest BCUT2D eigenvalue weighted by atomic mass is 19.1. The highest BCUT2D eigenvalue weighted by Crippen LogP contribution is 2.57. The van der Waals surface area contributed by atoms with Gasteiger partial charge in [0.15, 0.2) is 0 Å². The molecule has 0 radical (unpaired) electrons. The molecule has 3 aliphatic rings. The van der Waals surface area contributed by atoms with Crippen LogP contribution in [0.15, 0.2) is 54.6 Å². The molecular weight excluding hydrogens is 491 g/mol. The largest absolute Gasteiger partial charge is 0.497 e. The number of ether oxygens (including phenoxy) is 2. The maximum absolute atomic E-state index is 15.1. The standard InChI is InChI=1S/C34H37FO4/c1-33(2)14-4-5-28(33)26-17-21(6-10-25(26)27-18-23(38-3)9-11-31(27)35)20-39-24-8-7-22-12-15-34(30(22)19-24)16-13-29(34)32(36)37/h6-11,17-19,28-29H,4-5,12-16,20H2,1-3H3,(H,36,37)/t28-,29?,34?/m0/s1. The minimum absolute atomic E-state index is 0.126. The van der Waals surface area contributed by atoms with Gasteiger partial charge in [-0.25, -0.2) is 4.39 Å². The Morgan fingerprint density at radius 3 is 2.49 bits per heavy atom. The Bertz CT molecular complexity index is 1430. The maximum Gasteiger partial charge on any atom is 0.307 e. The summed E-state index contributed by atoms with van der Waals surface area (Å²) in [5, 5.41) is 9.75. The normalized spacial score (nSPS) is 24.8. The van der Waals surface area contributed by atoms with E-state index in [0.717, 1.165) is 72.9 Å². The summed E-state index contributed by atoms with van der Waals surface area (Å²) in [6.45, 7) is 5.02. The van der Waals surface area contributed by atoms with E-state index in [2.05, 4.69) is 32.0 Å². The molecule has 3 atom stereocenters. The molecule has 2 unspecified atom stereocenters. The van der Waals surface area contributed by atoms with Crippen LogP contribution in [0.1, 0.15) is 80.5 Å². The molecule has 3 aliphatic carbocycles. The minimum atomic E-state index is -0.685. The fourth-order valence-electron chi connectivity index (χ4n) is 7.58. The second-order valence-electron chi connectivity index (χ2n) is 12.4. The second-order valence-corrected chi connectivity index (χ2v) is 12.4. The van der Waals surface area contributed by atoms with Crippen LogP contribution >= 0.6 is 0 Å². The lowest BCUT2D eigenvalue weighted by molar-refractivity contribution is -0.149. The molecule has 0 aliphatic heterocycles. The molecule has 5 heteroatoms. The van der Waals surface area contributed by atoms with Crippen LogP contribution in [-0.4, -0.2) is 18.2 Å². The zero-order valence-electron chi connectivity index (χ0n) is 23.1. The van der Waals surface area contributed by atoms with E-state index in [9.17, 15) is 9.90 Å². The third kappa shape index (κ3) is 4.40. The maximum atomic E-state index is 15.1. The van der Waals surface area contributed by atoms with E-state index in [-0.39, 0.29) is 22.6 Å². The van der Waals surface area contributed by atoms with Crippen molar-refractivity contribution in [2.24, 2.45) is 11.3 Å². The van der Waals surface area contributed by atoms with E-state index in [1.165, 1.54) is 11.6 Å². The number of carboxylic acid groups (broad SMARTS) is 1. The molecule has 2 fully saturated rings. The molecule has 0 saturated heterocycles. The number of benzene rings is 3. The van der Waals surface area contributed by atoms with E-state index in [1.54, 1.807) is 19.2 Å². The topological polar surface area (TPSA) is 55.8 Å². The van der Waals surface area contributed by atoms with Gasteiger partial charge in [0.25, 0.3) is 0 Å². The molecule has 0 bridgehead atoms. The molecular formula is C34H37FO4. The first-order valence-corrected chi connectivity index (χ1v) is 14.2. The van der Waals surface area contributed by atoms with Crippen molar-refractivity contribution in [3.05, 3.63) is 82.7 Å². The summed E-state index contributed by atoms with van der Waals surface area (Å²) in [6.07, 6.45) is 6.91. The van der Waals surface area contributed by atoms with Crippen LogP contribution in [0.2, 0.25) is 0 Å². The van der Waals surface area contributed by atoms with Crippen LogP contribution < -0.4 is 9.47 Å². The lowest BCUT2D eigenvalue weighted by atomic mass is 9.57. The molecule has 0 heterocycles. The molecule has 204 valence electrons. The Morgan fingerprint density at radius 2 is 1.79 bits per heavy atom. The molecule has 0 amide bonds. The number of halogens is 1. The van der Waals surface area contributed by atoms with Crippen molar-refractivity contribution in [1.29, 1.82) is 0 Å². The van der Waals surface area contributed by atoms with Crippen molar-refractivity contribution >= 4 is 5.97 Å². The number of rotatable bonds is 7. The molecule has 1 N–H and O–H groups in total. The Morgan fingerprint density at radius 1 is 0.974 bits per heavy atom. The van der Waals surface area contributed by atoms with Crippen LogP contribution in [0.25, 0.3) is 11.1 Å². The first kappa shape index (κ1) is 25.9. The van der Waals surface area contributed by atoms with Crippen molar-refractivity contribution < 1.29 is 23.8 Å². The Balaban J connectivity index is 1.31. The van der Waals surface area contributed by atoms with E-state index in [1.807, 2.05) is 18.2 Å². The van der Waals surface area contributed by atoms with E-state index in [4.69, 9.17) is 9.47 Å². The summed E-state index contributed by atoms with van der Waals surface area (Å²) in [5.74, 6) is 0.508. The predicted molar refractivity (Wildman–Crippen MR) is 150 cm³/mol. The fraction of sp³-hybridized carbons (Fsp3) is 0.441. The van der Waals surface area contributed by atoms with E-state index < -0.39 is 5.97 Å². The average molecular weight is 529 g/mol. The smallest absolute Gasteiger partial charge is 0.307 e. The first-order valence-electron chi connectivity index (χ1n) is 14.2.